The maximum Gasteiger partial charge on any atom is 0.243 e. The summed E-state index contributed by atoms with van der Waals surface area (Å²) in [5.74, 6) is 0.657. The minimum atomic E-state index is -0.120. The van der Waals surface area contributed by atoms with Crippen LogP contribution in [0.1, 0.15) is 24.1 Å². The fraction of sp³-hybridized carbons (Fsp3) is 0.240. The fourth-order valence-corrected chi connectivity index (χ4v) is 4.52. The second-order valence-electron chi connectivity index (χ2n) is 8.81. The lowest BCUT2D eigenvalue weighted by Gasteiger charge is -2.17. The van der Waals surface area contributed by atoms with E-state index in [9.17, 15) is 4.79 Å². The molecule has 0 radical (unpaired) electrons. The summed E-state index contributed by atoms with van der Waals surface area (Å²) >= 11 is 0. The lowest BCUT2D eigenvalue weighted by Crippen LogP contribution is -2.26. The molecule has 33 heavy (non-hydrogen) atoms. The third-order valence-electron chi connectivity index (χ3n) is 6.49. The molecule has 4 aromatic heterocycles. The SMILES string of the molecule is CN(C)C(=O)Cn1ccc(-c2cnc3ncc(C4(c5cccc6cccnc56)CC4)n3c2)n1. The smallest absolute Gasteiger partial charge is 0.243 e. The summed E-state index contributed by atoms with van der Waals surface area (Å²) in [5.41, 5.74) is 4.93. The zero-order chi connectivity index (χ0) is 22.6. The Morgan fingerprint density at radius 2 is 1.88 bits per heavy atom. The summed E-state index contributed by atoms with van der Waals surface area (Å²) in [4.78, 5) is 27.4. The third kappa shape index (κ3) is 3.17. The van der Waals surface area contributed by atoms with E-state index in [-0.39, 0.29) is 17.9 Å². The average molecular weight is 438 g/mol. The van der Waals surface area contributed by atoms with E-state index < -0.39 is 0 Å². The number of rotatable bonds is 5. The number of hydrogen-bond acceptors (Lipinski definition) is 5. The van der Waals surface area contributed by atoms with Crippen molar-refractivity contribution in [2.45, 2.75) is 24.8 Å². The number of carbonyl (C=O) groups is 1. The van der Waals surface area contributed by atoms with Crippen LogP contribution in [0.3, 0.4) is 0 Å². The molecule has 0 spiro atoms. The molecule has 0 saturated heterocycles. The molecule has 4 heterocycles. The Bertz CT molecular complexity index is 1500. The lowest BCUT2D eigenvalue weighted by molar-refractivity contribution is -0.129. The molecule has 1 saturated carbocycles. The number of likely N-dealkylation sites (N-methyl/N-ethyl adjacent to an activating group) is 1. The molecule has 0 unspecified atom stereocenters. The van der Waals surface area contributed by atoms with Gasteiger partial charge < -0.3 is 4.90 Å². The van der Waals surface area contributed by atoms with Gasteiger partial charge in [-0.05, 0) is 30.5 Å². The summed E-state index contributed by atoms with van der Waals surface area (Å²) in [7, 11) is 3.48. The normalized spacial score (nSPS) is 14.6. The molecule has 0 bridgehead atoms. The summed E-state index contributed by atoms with van der Waals surface area (Å²) in [6, 6.07) is 12.4. The molecule has 164 valence electrons. The van der Waals surface area contributed by atoms with Crippen molar-refractivity contribution >= 4 is 22.6 Å². The zero-order valence-electron chi connectivity index (χ0n) is 18.5. The molecule has 1 aliphatic carbocycles. The van der Waals surface area contributed by atoms with Crippen molar-refractivity contribution in [3.8, 4) is 11.3 Å². The first-order valence-electron chi connectivity index (χ1n) is 11.0. The van der Waals surface area contributed by atoms with Crippen LogP contribution in [0.15, 0.2) is 67.4 Å². The van der Waals surface area contributed by atoms with Gasteiger partial charge in [0.25, 0.3) is 0 Å². The molecule has 1 fully saturated rings. The zero-order valence-corrected chi connectivity index (χ0v) is 18.5. The van der Waals surface area contributed by atoms with E-state index in [4.69, 9.17) is 4.98 Å². The Balaban J connectivity index is 1.41. The van der Waals surface area contributed by atoms with Crippen molar-refractivity contribution in [2.75, 3.05) is 14.1 Å². The monoisotopic (exact) mass is 437 g/mol. The molecular formula is C25H23N7O. The van der Waals surface area contributed by atoms with E-state index in [0.29, 0.717) is 5.78 Å². The van der Waals surface area contributed by atoms with Crippen molar-refractivity contribution in [3.05, 3.63) is 78.6 Å². The Morgan fingerprint density at radius 1 is 1.06 bits per heavy atom. The van der Waals surface area contributed by atoms with E-state index in [1.165, 1.54) is 5.56 Å². The first kappa shape index (κ1) is 19.6. The molecule has 1 aromatic carbocycles. The van der Waals surface area contributed by atoms with Gasteiger partial charge in [-0.3, -0.25) is 18.9 Å². The van der Waals surface area contributed by atoms with Gasteiger partial charge in [-0.2, -0.15) is 5.10 Å². The van der Waals surface area contributed by atoms with Gasteiger partial charge in [0.2, 0.25) is 11.7 Å². The minimum absolute atomic E-state index is 0.00510. The molecule has 5 aromatic rings. The van der Waals surface area contributed by atoms with Crippen LogP contribution < -0.4 is 0 Å². The van der Waals surface area contributed by atoms with Crippen LogP contribution in [0, 0.1) is 0 Å². The molecule has 0 N–H and O–H groups in total. The van der Waals surface area contributed by atoms with Crippen molar-refractivity contribution in [1.82, 2.24) is 34.0 Å². The topological polar surface area (TPSA) is 81.2 Å². The lowest BCUT2D eigenvalue weighted by atomic mass is 9.90. The van der Waals surface area contributed by atoms with Crippen LogP contribution in [-0.2, 0) is 16.8 Å². The second-order valence-corrected chi connectivity index (χ2v) is 8.81. The van der Waals surface area contributed by atoms with Gasteiger partial charge in [-0.15, -0.1) is 0 Å². The number of para-hydroxylation sites is 1. The molecule has 1 amide bonds. The van der Waals surface area contributed by atoms with E-state index in [1.54, 1.807) is 29.9 Å². The number of amides is 1. The van der Waals surface area contributed by atoms with Gasteiger partial charge in [0.1, 0.15) is 6.54 Å². The maximum atomic E-state index is 12.0. The molecular weight excluding hydrogens is 414 g/mol. The van der Waals surface area contributed by atoms with Gasteiger partial charge in [0.05, 0.1) is 23.1 Å². The molecule has 0 aliphatic heterocycles. The number of benzene rings is 1. The largest absolute Gasteiger partial charge is 0.347 e. The van der Waals surface area contributed by atoms with Crippen molar-refractivity contribution in [1.29, 1.82) is 0 Å². The highest BCUT2D eigenvalue weighted by Gasteiger charge is 2.49. The minimum Gasteiger partial charge on any atom is -0.347 e. The number of fused-ring (bicyclic) bond motifs is 2. The van der Waals surface area contributed by atoms with Gasteiger partial charge in [-0.25, -0.2) is 9.97 Å². The van der Waals surface area contributed by atoms with Gasteiger partial charge in [-0.1, -0.05) is 24.3 Å². The first-order chi connectivity index (χ1) is 16.0. The molecule has 0 atom stereocenters. The highest BCUT2D eigenvalue weighted by molar-refractivity contribution is 5.84. The number of pyridine rings is 1. The number of nitrogens with zero attached hydrogens (tertiary/aromatic N) is 7. The number of aromatic nitrogens is 6. The van der Waals surface area contributed by atoms with Crippen molar-refractivity contribution in [3.63, 3.8) is 0 Å². The Kier molecular flexibility index (Phi) is 4.29. The van der Waals surface area contributed by atoms with Crippen LogP contribution in [-0.4, -0.2) is 54.0 Å². The molecule has 6 rings (SSSR count). The predicted octanol–water partition coefficient (Wildman–Crippen LogP) is 3.31. The summed E-state index contributed by atoms with van der Waals surface area (Å²) in [5, 5.41) is 5.73. The number of hydrogen-bond donors (Lipinski definition) is 0. The maximum absolute atomic E-state index is 12.0. The van der Waals surface area contributed by atoms with Gasteiger partial charge in [0, 0.05) is 55.2 Å². The van der Waals surface area contributed by atoms with E-state index in [0.717, 1.165) is 40.7 Å². The van der Waals surface area contributed by atoms with Crippen LogP contribution in [0.2, 0.25) is 0 Å². The third-order valence-corrected chi connectivity index (χ3v) is 6.49. The van der Waals surface area contributed by atoms with E-state index in [2.05, 4.69) is 43.7 Å². The number of carbonyl (C=O) groups excluding carboxylic acids is 1. The summed E-state index contributed by atoms with van der Waals surface area (Å²) < 4.78 is 3.73. The second kappa shape index (κ2) is 7.23. The van der Waals surface area contributed by atoms with E-state index in [1.807, 2.05) is 36.9 Å². The number of imidazole rings is 1. The quantitative estimate of drug-likeness (QED) is 0.421. The fourth-order valence-electron chi connectivity index (χ4n) is 4.52. The summed E-state index contributed by atoms with van der Waals surface area (Å²) in [6.45, 7) is 0.205. The highest BCUT2D eigenvalue weighted by Crippen LogP contribution is 2.54. The molecule has 8 nitrogen and oxygen atoms in total. The predicted molar refractivity (Wildman–Crippen MR) is 125 cm³/mol. The Morgan fingerprint density at radius 3 is 2.70 bits per heavy atom. The Labute approximate surface area is 190 Å². The van der Waals surface area contributed by atoms with Crippen molar-refractivity contribution < 1.29 is 4.79 Å². The van der Waals surface area contributed by atoms with E-state index >= 15 is 0 Å². The van der Waals surface area contributed by atoms with Crippen LogP contribution in [0.4, 0.5) is 0 Å². The molecule has 1 aliphatic rings. The van der Waals surface area contributed by atoms with Gasteiger partial charge in [0.15, 0.2) is 0 Å². The standard InChI is InChI=1S/C25H23N7O/c1-30(2)22(33)16-31-12-8-20(29-31)18-13-27-24-28-14-21(32(24)15-18)25(9-10-25)19-7-3-5-17-6-4-11-26-23(17)19/h3-8,11-15H,9-10,16H2,1-2H3. The average Bonchev–Trinajstić information content (AvgIpc) is 3.29. The summed E-state index contributed by atoms with van der Waals surface area (Å²) in [6.07, 6.45) is 11.5. The molecule has 8 heteroatoms. The first-order valence-corrected chi connectivity index (χ1v) is 11.0. The van der Waals surface area contributed by atoms with Crippen LogP contribution in [0.5, 0.6) is 0 Å². The Hall–Kier alpha value is -4.07. The highest BCUT2D eigenvalue weighted by atomic mass is 16.2. The van der Waals surface area contributed by atoms with Crippen LogP contribution in [0.25, 0.3) is 27.9 Å². The van der Waals surface area contributed by atoms with Crippen LogP contribution >= 0.6 is 0 Å². The van der Waals surface area contributed by atoms with Crippen molar-refractivity contribution in [2.24, 2.45) is 0 Å². The van der Waals surface area contributed by atoms with Gasteiger partial charge >= 0.3 is 0 Å².